The number of allylic oxidation sites excluding steroid dienone is 2. The lowest BCUT2D eigenvalue weighted by Crippen LogP contribution is -2.60. The summed E-state index contributed by atoms with van der Waals surface area (Å²) in [6.07, 6.45) is 60.3. The molecule has 1 aliphatic heterocycles. The maximum Gasteiger partial charge on any atom is 0.249 e. The second kappa shape index (κ2) is 58.2. The molecule has 0 aromatic rings. The Hall–Kier alpha value is -1.15. The molecule has 0 bridgehead atoms. The van der Waals surface area contributed by atoms with Crippen LogP contribution in [-0.4, -0.2) is 110 Å². The van der Waals surface area contributed by atoms with E-state index in [4.69, 9.17) is 9.47 Å². The van der Waals surface area contributed by atoms with E-state index in [2.05, 4.69) is 31.3 Å². The van der Waals surface area contributed by atoms with Crippen molar-refractivity contribution in [3.8, 4) is 0 Å². The topological polar surface area (TPSA) is 189 Å². The largest absolute Gasteiger partial charge is 0.394 e. The summed E-state index contributed by atoms with van der Waals surface area (Å²) in [7, 11) is 0. The number of aliphatic hydroxyl groups excluding tert-OH is 7. The molecule has 0 aliphatic carbocycles. The zero-order chi connectivity index (χ0) is 58.2. The summed E-state index contributed by atoms with van der Waals surface area (Å²) in [5.41, 5.74) is 0. The number of ether oxygens (including phenoxy) is 2. The maximum absolute atomic E-state index is 13.2. The molecule has 476 valence electrons. The van der Waals surface area contributed by atoms with Crippen molar-refractivity contribution in [2.45, 2.75) is 409 Å². The van der Waals surface area contributed by atoms with E-state index in [1.165, 1.54) is 276 Å². The van der Waals surface area contributed by atoms with Crippen molar-refractivity contribution in [2.24, 2.45) is 0 Å². The zero-order valence-electron chi connectivity index (χ0n) is 52.6. The van der Waals surface area contributed by atoms with Crippen molar-refractivity contribution in [3.63, 3.8) is 0 Å². The molecule has 9 unspecified atom stereocenters. The molecular formula is C69H135NO10. The van der Waals surface area contributed by atoms with E-state index in [0.717, 1.165) is 38.5 Å². The van der Waals surface area contributed by atoms with Gasteiger partial charge in [0.25, 0.3) is 0 Å². The Labute approximate surface area is 493 Å². The Kier molecular flexibility index (Phi) is 56.0. The minimum Gasteiger partial charge on any atom is -0.394 e. The Morgan fingerprint density at radius 2 is 0.738 bits per heavy atom. The van der Waals surface area contributed by atoms with Crippen LogP contribution in [0.4, 0.5) is 0 Å². The predicted molar refractivity (Wildman–Crippen MR) is 335 cm³/mol. The highest BCUT2D eigenvalue weighted by molar-refractivity contribution is 5.80. The summed E-state index contributed by atoms with van der Waals surface area (Å²) < 4.78 is 11.2. The molecule has 9 atom stereocenters. The number of hydrogen-bond acceptors (Lipinski definition) is 10. The number of unbranched alkanes of at least 4 members (excludes halogenated alkanes) is 48. The first-order valence-corrected chi connectivity index (χ1v) is 35.1. The first-order chi connectivity index (χ1) is 39.2. The monoisotopic (exact) mass is 1140 g/mol. The van der Waals surface area contributed by atoms with E-state index < -0.39 is 74.2 Å². The van der Waals surface area contributed by atoms with E-state index in [1.54, 1.807) is 0 Å². The first kappa shape index (κ1) is 76.9. The fourth-order valence-electron chi connectivity index (χ4n) is 11.7. The van der Waals surface area contributed by atoms with Gasteiger partial charge < -0.3 is 50.5 Å². The van der Waals surface area contributed by atoms with Crippen molar-refractivity contribution < 1.29 is 50.0 Å². The third kappa shape index (κ3) is 45.2. The van der Waals surface area contributed by atoms with E-state index in [-0.39, 0.29) is 12.8 Å². The van der Waals surface area contributed by atoms with Gasteiger partial charge >= 0.3 is 0 Å². The summed E-state index contributed by atoms with van der Waals surface area (Å²) in [6.45, 7) is 3.50. The van der Waals surface area contributed by atoms with Gasteiger partial charge in [0.15, 0.2) is 6.29 Å². The highest BCUT2D eigenvalue weighted by Crippen LogP contribution is 2.24. The second-order valence-corrected chi connectivity index (χ2v) is 25.0. The van der Waals surface area contributed by atoms with Crippen LogP contribution in [0.25, 0.3) is 0 Å². The molecule has 0 spiro atoms. The molecule has 1 rings (SSSR count). The van der Waals surface area contributed by atoms with Gasteiger partial charge in [0.1, 0.15) is 36.6 Å². The smallest absolute Gasteiger partial charge is 0.249 e. The minimum absolute atomic E-state index is 0.260. The summed E-state index contributed by atoms with van der Waals surface area (Å²) >= 11 is 0. The summed E-state index contributed by atoms with van der Waals surface area (Å²) in [4.78, 5) is 13.2. The minimum atomic E-state index is -1.67. The average molecular weight is 1140 g/mol. The number of amides is 1. The van der Waals surface area contributed by atoms with Crippen LogP contribution in [0.2, 0.25) is 0 Å². The third-order valence-corrected chi connectivity index (χ3v) is 17.3. The van der Waals surface area contributed by atoms with E-state index in [9.17, 15) is 40.5 Å². The second-order valence-electron chi connectivity index (χ2n) is 25.0. The fraction of sp³-hybridized carbons (Fsp3) is 0.957. The molecule has 11 heteroatoms. The summed E-state index contributed by atoms with van der Waals surface area (Å²) in [5, 5.41) is 76.4. The molecule has 1 amide bonds. The van der Waals surface area contributed by atoms with Gasteiger partial charge in [-0.05, 0) is 38.5 Å². The zero-order valence-corrected chi connectivity index (χ0v) is 52.6. The number of aliphatic hydroxyl groups is 7. The number of rotatable bonds is 62. The molecule has 1 heterocycles. The first-order valence-electron chi connectivity index (χ1n) is 35.1. The highest BCUT2D eigenvalue weighted by atomic mass is 16.7. The van der Waals surface area contributed by atoms with Crippen LogP contribution in [0.3, 0.4) is 0 Å². The van der Waals surface area contributed by atoms with Crippen LogP contribution in [0.1, 0.15) is 354 Å². The summed E-state index contributed by atoms with van der Waals surface area (Å²) in [6, 6.07) is -1.18. The van der Waals surface area contributed by atoms with Gasteiger partial charge in [0, 0.05) is 0 Å². The van der Waals surface area contributed by atoms with E-state index >= 15 is 0 Å². The maximum atomic E-state index is 13.2. The Bertz CT molecular complexity index is 1310. The van der Waals surface area contributed by atoms with Gasteiger partial charge in [-0.1, -0.05) is 328 Å². The van der Waals surface area contributed by atoms with Crippen molar-refractivity contribution in [2.75, 3.05) is 13.2 Å². The van der Waals surface area contributed by atoms with Crippen LogP contribution < -0.4 is 5.32 Å². The molecule has 0 aromatic heterocycles. The lowest BCUT2D eigenvalue weighted by Gasteiger charge is -2.40. The molecule has 8 N–H and O–H groups in total. The van der Waals surface area contributed by atoms with E-state index in [0.29, 0.717) is 12.8 Å². The lowest BCUT2D eigenvalue weighted by molar-refractivity contribution is -0.303. The molecule has 0 radical (unpaired) electrons. The van der Waals surface area contributed by atoms with Gasteiger partial charge in [-0.3, -0.25) is 4.79 Å². The van der Waals surface area contributed by atoms with Gasteiger partial charge in [-0.2, -0.15) is 0 Å². The Morgan fingerprint density at radius 1 is 0.425 bits per heavy atom. The highest BCUT2D eigenvalue weighted by Gasteiger charge is 2.44. The number of nitrogens with one attached hydrogen (secondary N) is 1. The van der Waals surface area contributed by atoms with Crippen LogP contribution in [0.15, 0.2) is 12.2 Å². The van der Waals surface area contributed by atoms with Crippen molar-refractivity contribution >= 4 is 5.91 Å². The number of carbonyl (C=O) groups excluding carboxylic acids is 1. The Balaban J connectivity index is 2.16. The van der Waals surface area contributed by atoms with Crippen LogP contribution in [-0.2, 0) is 14.3 Å². The standard InChI is InChI=1S/C69H135NO10/c1-3-5-7-9-11-13-15-17-19-21-23-24-25-26-27-28-29-30-31-32-33-34-35-36-37-39-41-43-45-47-49-51-53-55-57-62(73)68(78)70-60(59-79-69-67(77)66(76)65(75)63(58-71)80-69)64(74)61(72)56-54-52-50-48-46-44-42-40-38-22-20-18-16-14-12-10-8-6-4-2/h48,50,60-67,69,71-77H,3-47,49,51-59H2,1-2H3,(H,70,78)/b50-48+. The molecule has 1 fully saturated rings. The normalized spacial score (nSPS) is 19.2. The van der Waals surface area contributed by atoms with Crippen molar-refractivity contribution in [1.29, 1.82) is 0 Å². The van der Waals surface area contributed by atoms with Gasteiger partial charge in [0.05, 0.1) is 25.4 Å². The third-order valence-electron chi connectivity index (χ3n) is 17.3. The molecule has 1 aliphatic rings. The molecule has 11 nitrogen and oxygen atoms in total. The molecule has 1 saturated heterocycles. The number of hydrogen-bond donors (Lipinski definition) is 8. The van der Waals surface area contributed by atoms with Crippen LogP contribution >= 0.6 is 0 Å². The molecule has 0 saturated carbocycles. The SMILES string of the molecule is CCCCCCCCCCCCCCCC/C=C/CCCC(O)C(O)C(COC1OC(CO)C(O)C(O)C1O)NC(=O)C(O)CCCCCCCCCCCCCCCCCCCCCCCCCCCCCCCCCCCC. The molecule has 0 aromatic carbocycles. The summed E-state index contributed by atoms with van der Waals surface area (Å²) in [5.74, 6) is -0.698. The molecular weight excluding hydrogens is 1000 g/mol. The van der Waals surface area contributed by atoms with Gasteiger partial charge in [-0.15, -0.1) is 0 Å². The van der Waals surface area contributed by atoms with Crippen LogP contribution in [0, 0.1) is 0 Å². The quantitative estimate of drug-likeness (QED) is 0.0215. The van der Waals surface area contributed by atoms with Crippen molar-refractivity contribution in [3.05, 3.63) is 12.2 Å². The average Bonchev–Trinajstić information content (AvgIpc) is 3.47. The molecule has 80 heavy (non-hydrogen) atoms. The predicted octanol–water partition coefficient (Wildman–Crippen LogP) is 16.6. The van der Waals surface area contributed by atoms with E-state index in [1.807, 2.05) is 0 Å². The lowest BCUT2D eigenvalue weighted by atomic mass is 9.98. The van der Waals surface area contributed by atoms with Gasteiger partial charge in [-0.25, -0.2) is 0 Å². The Morgan fingerprint density at radius 3 is 1.07 bits per heavy atom. The fourth-order valence-corrected chi connectivity index (χ4v) is 11.7. The number of carbonyl (C=O) groups is 1. The van der Waals surface area contributed by atoms with Crippen LogP contribution in [0.5, 0.6) is 0 Å². The van der Waals surface area contributed by atoms with Gasteiger partial charge in [0.2, 0.25) is 5.91 Å². The van der Waals surface area contributed by atoms with Crippen molar-refractivity contribution in [1.82, 2.24) is 5.32 Å².